The number of hydrogen-bond donors (Lipinski definition) is 2. The van der Waals surface area contributed by atoms with Gasteiger partial charge >= 0.3 is 0 Å². The molecule has 1 aliphatic rings. The fourth-order valence-electron chi connectivity index (χ4n) is 2.03. The summed E-state index contributed by atoms with van der Waals surface area (Å²) >= 11 is 0. The van der Waals surface area contributed by atoms with Gasteiger partial charge in [-0.1, -0.05) is 12.1 Å². The summed E-state index contributed by atoms with van der Waals surface area (Å²) in [6, 6.07) is 7.41. The topological polar surface area (TPSA) is 67.4 Å². The van der Waals surface area contributed by atoms with E-state index in [0.29, 0.717) is 30.3 Å². The second-order valence-corrected chi connectivity index (χ2v) is 5.29. The zero-order valence-electron chi connectivity index (χ0n) is 12.4. The molecule has 1 saturated carbocycles. The van der Waals surface area contributed by atoms with Crippen molar-refractivity contribution in [1.82, 2.24) is 5.32 Å². The minimum absolute atomic E-state index is 0.0715. The third-order valence-electron chi connectivity index (χ3n) is 3.36. The number of carbonyl (C=O) groups excluding carboxylic acids is 2. The summed E-state index contributed by atoms with van der Waals surface area (Å²) in [5.41, 5.74) is 1.10. The Balaban J connectivity index is 1.89. The predicted octanol–water partition coefficient (Wildman–Crippen LogP) is 2.33. The second-order valence-electron chi connectivity index (χ2n) is 5.29. The van der Waals surface area contributed by atoms with Crippen LogP contribution in [-0.2, 0) is 9.53 Å². The molecule has 0 aromatic heterocycles. The van der Waals surface area contributed by atoms with Crippen LogP contribution in [0.25, 0.3) is 0 Å². The molecule has 0 radical (unpaired) electrons. The van der Waals surface area contributed by atoms with Crippen LogP contribution >= 0.6 is 0 Å². The number of ether oxygens (including phenoxy) is 1. The minimum Gasteiger partial charge on any atom is -0.385 e. The zero-order chi connectivity index (χ0) is 15.1. The maximum absolute atomic E-state index is 12.1. The lowest BCUT2D eigenvalue weighted by Crippen LogP contribution is -2.26. The highest BCUT2D eigenvalue weighted by molar-refractivity contribution is 6.03. The monoisotopic (exact) mass is 290 g/mol. The van der Waals surface area contributed by atoms with Crippen LogP contribution in [0.3, 0.4) is 0 Å². The van der Waals surface area contributed by atoms with Crippen LogP contribution in [0.2, 0.25) is 0 Å². The molecule has 0 unspecified atom stereocenters. The maximum atomic E-state index is 12.1. The Bertz CT molecular complexity index is 498. The zero-order valence-corrected chi connectivity index (χ0v) is 12.4. The smallest absolute Gasteiger partial charge is 0.253 e. The molecular formula is C16H22N2O3. The molecule has 0 aliphatic heterocycles. The molecule has 0 spiro atoms. The Labute approximate surface area is 125 Å². The molecule has 5 heteroatoms. The number of nitrogens with one attached hydrogen (secondary N) is 2. The first-order valence-corrected chi connectivity index (χ1v) is 7.39. The lowest BCUT2D eigenvalue weighted by atomic mass is 10.1. The van der Waals surface area contributed by atoms with Gasteiger partial charge in [0.15, 0.2) is 0 Å². The van der Waals surface area contributed by atoms with Gasteiger partial charge in [-0.25, -0.2) is 0 Å². The van der Waals surface area contributed by atoms with Gasteiger partial charge in [0.1, 0.15) is 0 Å². The number of hydrogen-bond acceptors (Lipinski definition) is 3. The number of benzene rings is 1. The van der Waals surface area contributed by atoms with Crippen molar-refractivity contribution in [2.45, 2.75) is 38.1 Å². The molecule has 0 saturated heterocycles. The SMILES string of the molecule is COCCCCC(=O)Nc1ccccc1C(=O)NC1CC1. The van der Waals surface area contributed by atoms with Crippen molar-refractivity contribution in [3.8, 4) is 0 Å². The summed E-state index contributed by atoms with van der Waals surface area (Å²) in [4.78, 5) is 24.0. The van der Waals surface area contributed by atoms with E-state index in [2.05, 4.69) is 10.6 Å². The van der Waals surface area contributed by atoms with Gasteiger partial charge in [-0.3, -0.25) is 9.59 Å². The quantitative estimate of drug-likeness (QED) is 0.722. The molecule has 0 bridgehead atoms. The van der Waals surface area contributed by atoms with E-state index in [-0.39, 0.29) is 11.8 Å². The van der Waals surface area contributed by atoms with Crippen LogP contribution in [0.5, 0.6) is 0 Å². The Morgan fingerprint density at radius 2 is 2.00 bits per heavy atom. The molecule has 2 amide bonds. The van der Waals surface area contributed by atoms with Crippen LogP contribution in [0.4, 0.5) is 5.69 Å². The van der Waals surface area contributed by atoms with Crippen LogP contribution in [0.1, 0.15) is 42.5 Å². The number of para-hydroxylation sites is 1. The van der Waals surface area contributed by atoms with Gasteiger partial charge in [-0.05, 0) is 37.8 Å². The van der Waals surface area contributed by atoms with Crippen LogP contribution < -0.4 is 10.6 Å². The van der Waals surface area contributed by atoms with E-state index in [1.807, 2.05) is 6.07 Å². The van der Waals surface area contributed by atoms with E-state index in [9.17, 15) is 9.59 Å². The number of unbranched alkanes of at least 4 members (excludes halogenated alkanes) is 1. The average molecular weight is 290 g/mol. The van der Waals surface area contributed by atoms with E-state index in [1.54, 1.807) is 25.3 Å². The summed E-state index contributed by atoms with van der Waals surface area (Å²) < 4.78 is 4.95. The van der Waals surface area contributed by atoms with E-state index in [1.165, 1.54) is 0 Å². The standard InChI is InChI=1S/C16H22N2O3/c1-21-11-5-4-8-15(19)18-14-7-3-2-6-13(14)16(20)17-12-9-10-12/h2-3,6-7,12H,4-5,8-11H2,1H3,(H,17,20)(H,18,19). The lowest BCUT2D eigenvalue weighted by Gasteiger charge is -2.11. The van der Waals surface area contributed by atoms with Crippen molar-refractivity contribution in [1.29, 1.82) is 0 Å². The normalized spacial score (nSPS) is 13.8. The molecule has 1 fully saturated rings. The average Bonchev–Trinajstić information content (AvgIpc) is 3.28. The lowest BCUT2D eigenvalue weighted by molar-refractivity contribution is -0.116. The Kier molecular flexibility index (Phi) is 5.75. The van der Waals surface area contributed by atoms with Gasteiger partial charge < -0.3 is 15.4 Å². The first kappa shape index (κ1) is 15.5. The summed E-state index contributed by atoms with van der Waals surface area (Å²) in [5, 5.41) is 5.76. The molecule has 1 aromatic rings. The van der Waals surface area contributed by atoms with Crippen molar-refractivity contribution < 1.29 is 14.3 Å². The number of carbonyl (C=O) groups is 2. The highest BCUT2D eigenvalue weighted by Crippen LogP contribution is 2.21. The summed E-state index contributed by atoms with van der Waals surface area (Å²) in [6.45, 7) is 0.660. The van der Waals surface area contributed by atoms with Gasteiger partial charge in [-0.2, -0.15) is 0 Å². The number of rotatable bonds is 8. The number of amides is 2. The Morgan fingerprint density at radius 3 is 2.71 bits per heavy atom. The fourth-order valence-corrected chi connectivity index (χ4v) is 2.03. The second kappa shape index (κ2) is 7.78. The van der Waals surface area contributed by atoms with Crippen molar-refractivity contribution in [3.05, 3.63) is 29.8 Å². The van der Waals surface area contributed by atoms with E-state index in [4.69, 9.17) is 4.74 Å². The number of methoxy groups -OCH3 is 1. The van der Waals surface area contributed by atoms with E-state index in [0.717, 1.165) is 25.7 Å². The first-order chi connectivity index (χ1) is 10.2. The molecule has 1 aromatic carbocycles. The molecule has 0 heterocycles. The first-order valence-electron chi connectivity index (χ1n) is 7.39. The van der Waals surface area contributed by atoms with Gasteiger partial charge in [-0.15, -0.1) is 0 Å². The molecule has 2 rings (SSSR count). The molecule has 21 heavy (non-hydrogen) atoms. The minimum atomic E-state index is -0.118. The van der Waals surface area contributed by atoms with E-state index < -0.39 is 0 Å². The highest BCUT2D eigenvalue weighted by atomic mass is 16.5. The summed E-state index contributed by atoms with van der Waals surface area (Å²) in [7, 11) is 1.65. The summed E-state index contributed by atoms with van der Waals surface area (Å²) in [5.74, 6) is -0.189. The Morgan fingerprint density at radius 1 is 1.24 bits per heavy atom. The highest BCUT2D eigenvalue weighted by Gasteiger charge is 2.24. The summed E-state index contributed by atoms with van der Waals surface area (Å²) in [6.07, 6.45) is 4.14. The largest absolute Gasteiger partial charge is 0.385 e. The predicted molar refractivity (Wildman–Crippen MR) is 81.3 cm³/mol. The van der Waals surface area contributed by atoms with Crippen LogP contribution in [-0.4, -0.2) is 31.6 Å². The third-order valence-corrected chi connectivity index (χ3v) is 3.36. The fraction of sp³-hybridized carbons (Fsp3) is 0.500. The van der Waals surface area contributed by atoms with Crippen LogP contribution in [0, 0.1) is 0 Å². The van der Waals surface area contributed by atoms with Crippen molar-refractivity contribution in [3.63, 3.8) is 0 Å². The molecule has 114 valence electrons. The van der Waals surface area contributed by atoms with Crippen molar-refractivity contribution in [2.75, 3.05) is 19.0 Å². The molecule has 5 nitrogen and oxygen atoms in total. The van der Waals surface area contributed by atoms with Crippen LogP contribution in [0.15, 0.2) is 24.3 Å². The molecule has 1 aliphatic carbocycles. The molecule has 0 atom stereocenters. The van der Waals surface area contributed by atoms with Crippen molar-refractivity contribution in [2.24, 2.45) is 0 Å². The molecular weight excluding hydrogens is 268 g/mol. The van der Waals surface area contributed by atoms with Gasteiger partial charge in [0.2, 0.25) is 5.91 Å². The third kappa shape index (κ3) is 5.19. The number of anilines is 1. The maximum Gasteiger partial charge on any atom is 0.253 e. The van der Waals surface area contributed by atoms with Gasteiger partial charge in [0.05, 0.1) is 11.3 Å². The molecule has 2 N–H and O–H groups in total. The van der Waals surface area contributed by atoms with Crippen molar-refractivity contribution >= 4 is 17.5 Å². The Hall–Kier alpha value is -1.88. The van der Waals surface area contributed by atoms with E-state index >= 15 is 0 Å². The van der Waals surface area contributed by atoms with Gasteiger partial charge in [0.25, 0.3) is 5.91 Å². The van der Waals surface area contributed by atoms with Gasteiger partial charge in [0, 0.05) is 26.2 Å².